The van der Waals surface area contributed by atoms with Gasteiger partial charge < -0.3 is 0 Å². The van der Waals surface area contributed by atoms with Gasteiger partial charge in [0.05, 0.1) is 11.9 Å². The van der Waals surface area contributed by atoms with Crippen LogP contribution in [0.15, 0.2) is 59.7 Å². The molecular weight excluding hydrogens is 324 g/mol. The van der Waals surface area contributed by atoms with Gasteiger partial charge >= 0.3 is 0 Å². The zero-order valence-corrected chi connectivity index (χ0v) is 13.7. The summed E-state index contributed by atoms with van der Waals surface area (Å²) >= 11 is 5.89. The first-order valence-electron chi connectivity index (χ1n) is 7.33. The Balaban J connectivity index is 1.66. The van der Waals surface area contributed by atoms with E-state index in [0.717, 1.165) is 11.1 Å². The molecule has 0 atom stereocenters. The van der Waals surface area contributed by atoms with Gasteiger partial charge in [-0.2, -0.15) is 10.2 Å². The van der Waals surface area contributed by atoms with E-state index in [1.165, 1.54) is 11.8 Å². The van der Waals surface area contributed by atoms with E-state index in [4.69, 9.17) is 11.6 Å². The van der Waals surface area contributed by atoms with Gasteiger partial charge in [-0.25, -0.2) is 5.43 Å². The van der Waals surface area contributed by atoms with Crippen LogP contribution >= 0.6 is 11.6 Å². The summed E-state index contributed by atoms with van der Waals surface area (Å²) in [5.74, 6) is -0.362. The second-order valence-electron chi connectivity index (χ2n) is 5.29. The van der Waals surface area contributed by atoms with E-state index in [1.54, 1.807) is 18.2 Å². The third-order valence-corrected chi connectivity index (χ3v) is 3.63. The number of rotatable bonds is 4. The van der Waals surface area contributed by atoms with E-state index < -0.39 is 0 Å². The lowest BCUT2D eigenvalue weighted by Crippen LogP contribution is -2.17. The average molecular weight is 339 g/mol. The number of benzene rings is 2. The Bertz CT molecular complexity index is 884. The second kappa shape index (κ2) is 7.10. The van der Waals surface area contributed by atoms with Crippen molar-refractivity contribution in [1.29, 1.82) is 0 Å². The minimum absolute atomic E-state index is 0.341. The normalized spacial score (nSPS) is 10.9. The standard InChI is InChI=1S/C18H15ClN4O/c1-12-5-7-14(8-6-12)16-10-17(22-21-16)18(24)23-20-11-13-3-2-4-15(19)9-13/h2-11H,1H3,(H,21,22)(H,23,24)/b20-11-. The van der Waals surface area contributed by atoms with Crippen molar-refractivity contribution in [3.63, 3.8) is 0 Å². The van der Waals surface area contributed by atoms with Gasteiger partial charge in [0.25, 0.3) is 5.91 Å². The highest BCUT2D eigenvalue weighted by Gasteiger charge is 2.10. The molecule has 0 aliphatic carbocycles. The smallest absolute Gasteiger partial charge is 0.272 e. The highest BCUT2D eigenvalue weighted by Crippen LogP contribution is 2.18. The molecule has 0 fully saturated rings. The molecule has 0 spiro atoms. The molecule has 0 aliphatic heterocycles. The van der Waals surface area contributed by atoms with E-state index in [9.17, 15) is 4.79 Å². The van der Waals surface area contributed by atoms with Crippen LogP contribution in [0.4, 0.5) is 0 Å². The molecule has 2 aromatic carbocycles. The lowest BCUT2D eigenvalue weighted by Gasteiger charge is -1.97. The zero-order valence-electron chi connectivity index (χ0n) is 13.0. The number of hydrogen-bond acceptors (Lipinski definition) is 3. The number of hydrogen-bond donors (Lipinski definition) is 2. The van der Waals surface area contributed by atoms with Crippen LogP contribution in [0.25, 0.3) is 11.3 Å². The summed E-state index contributed by atoms with van der Waals surface area (Å²) in [6, 6.07) is 16.8. The summed E-state index contributed by atoms with van der Waals surface area (Å²) in [6.07, 6.45) is 1.53. The molecule has 3 aromatic rings. The summed E-state index contributed by atoms with van der Waals surface area (Å²) in [6.45, 7) is 2.02. The van der Waals surface area contributed by atoms with Crippen LogP contribution in [0.3, 0.4) is 0 Å². The second-order valence-corrected chi connectivity index (χ2v) is 5.72. The molecule has 0 radical (unpaired) electrons. The van der Waals surface area contributed by atoms with Crippen molar-refractivity contribution >= 4 is 23.7 Å². The number of nitrogens with zero attached hydrogens (tertiary/aromatic N) is 2. The fourth-order valence-corrected chi connectivity index (χ4v) is 2.32. The minimum atomic E-state index is -0.362. The van der Waals surface area contributed by atoms with Crippen molar-refractivity contribution in [2.24, 2.45) is 5.10 Å². The monoisotopic (exact) mass is 338 g/mol. The first kappa shape index (κ1) is 16.0. The van der Waals surface area contributed by atoms with Gasteiger partial charge in [0.15, 0.2) is 0 Å². The Morgan fingerprint density at radius 2 is 2.00 bits per heavy atom. The number of hydrazone groups is 1. The van der Waals surface area contributed by atoms with Crippen LogP contribution in [0.2, 0.25) is 5.02 Å². The van der Waals surface area contributed by atoms with E-state index >= 15 is 0 Å². The van der Waals surface area contributed by atoms with Gasteiger partial charge in [-0.3, -0.25) is 9.89 Å². The third kappa shape index (κ3) is 3.88. The van der Waals surface area contributed by atoms with Crippen molar-refractivity contribution in [3.05, 3.63) is 76.4 Å². The number of carbonyl (C=O) groups excluding carboxylic acids is 1. The molecule has 6 heteroatoms. The van der Waals surface area contributed by atoms with E-state index in [-0.39, 0.29) is 5.91 Å². The molecule has 1 amide bonds. The summed E-state index contributed by atoms with van der Waals surface area (Å²) in [5, 5.41) is 11.4. The minimum Gasteiger partial charge on any atom is -0.272 e. The number of carbonyl (C=O) groups is 1. The highest BCUT2D eigenvalue weighted by atomic mass is 35.5. The molecule has 1 heterocycles. The maximum Gasteiger partial charge on any atom is 0.289 e. The zero-order chi connectivity index (χ0) is 16.9. The number of halogens is 1. The molecular formula is C18H15ClN4O. The van der Waals surface area contributed by atoms with Gasteiger partial charge in [-0.1, -0.05) is 53.6 Å². The lowest BCUT2D eigenvalue weighted by atomic mass is 10.1. The SMILES string of the molecule is Cc1ccc(-c2cc(C(=O)N/N=C\c3cccc(Cl)c3)[nH]n2)cc1. The summed E-state index contributed by atoms with van der Waals surface area (Å²) in [4.78, 5) is 12.1. The molecule has 3 rings (SSSR count). The Labute approximate surface area is 144 Å². The number of nitrogens with one attached hydrogen (secondary N) is 2. The Kier molecular flexibility index (Phi) is 4.72. The summed E-state index contributed by atoms with van der Waals surface area (Å²) < 4.78 is 0. The molecule has 0 saturated carbocycles. The van der Waals surface area contributed by atoms with Crippen LogP contribution in [0.5, 0.6) is 0 Å². The molecule has 2 N–H and O–H groups in total. The van der Waals surface area contributed by atoms with Crippen molar-refractivity contribution in [3.8, 4) is 11.3 Å². The van der Waals surface area contributed by atoms with E-state index in [0.29, 0.717) is 16.4 Å². The summed E-state index contributed by atoms with van der Waals surface area (Å²) in [5.41, 5.74) is 6.42. The van der Waals surface area contributed by atoms with Gasteiger partial charge in [-0.15, -0.1) is 0 Å². The maximum atomic E-state index is 12.1. The van der Waals surface area contributed by atoms with Crippen LogP contribution in [-0.2, 0) is 0 Å². The van der Waals surface area contributed by atoms with Gasteiger partial charge in [0.2, 0.25) is 0 Å². The largest absolute Gasteiger partial charge is 0.289 e. The van der Waals surface area contributed by atoms with Crippen molar-refractivity contribution < 1.29 is 4.79 Å². The first-order chi connectivity index (χ1) is 11.6. The van der Waals surface area contributed by atoms with Gasteiger partial charge in [-0.05, 0) is 30.7 Å². The first-order valence-corrected chi connectivity index (χ1v) is 7.71. The number of aromatic amines is 1. The van der Waals surface area contributed by atoms with Crippen LogP contribution in [0.1, 0.15) is 21.6 Å². The molecule has 0 unspecified atom stereocenters. The fourth-order valence-electron chi connectivity index (χ4n) is 2.12. The van der Waals surface area contributed by atoms with Gasteiger partial charge in [0, 0.05) is 10.6 Å². The predicted molar refractivity (Wildman–Crippen MR) is 95.3 cm³/mol. The highest BCUT2D eigenvalue weighted by molar-refractivity contribution is 6.30. The number of aryl methyl sites for hydroxylation is 1. The molecule has 0 aliphatic rings. The van der Waals surface area contributed by atoms with Crippen molar-refractivity contribution in [2.45, 2.75) is 6.92 Å². The molecule has 5 nitrogen and oxygen atoms in total. The van der Waals surface area contributed by atoms with Gasteiger partial charge in [0.1, 0.15) is 5.69 Å². The Hall–Kier alpha value is -2.92. The Morgan fingerprint density at radius 3 is 2.75 bits per heavy atom. The lowest BCUT2D eigenvalue weighted by molar-refractivity contribution is 0.0950. The van der Waals surface area contributed by atoms with Crippen LogP contribution in [-0.4, -0.2) is 22.3 Å². The number of H-pyrrole nitrogens is 1. The van der Waals surface area contributed by atoms with E-state index in [2.05, 4.69) is 20.7 Å². The van der Waals surface area contributed by atoms with Crippen molar-refractivity contribution in [1.82, 2.24) is 15.6 Å². The van der Waals surface area contributed by atoms with Crippen molar-refractivity contribution in [2.75, 3.05) is 0 Å². The quantitative estimate of drug-likeness (QED) is 0.561. The fraction of sp³-hybridized carbons (Fsp3) is 0.0556. The molecule has 24 heavy (non-hydrogen) atoms. The molecule has 120 valence electrons. The summed E-state index contributed by atoms with van der Waals surface area (Å²) in [7, 11) is 0. The topological polar surface area (TPSA) is 70.1 Å². The number of amides is 1. The average Bonchev–Trinajstić information content (AvgIpc) is 3.05. The maximum absolute atomic E-state index is 12.1. The number of aromatic nitrogens is 2. The molecule has 0 bridgehead atoms. The van der Waals surface area contributed by atoms with Crippen LogP contribution < -0.4 is 5.43 Å². The predicted octanol–water partition coefficient (Wildman–Crippen LogP) is 3.80. The molecule has 1 aromatic heterocycles. The van der Waals surface area contributed by atoms with E-state index in [1.807, 2.05) is 43.3 Å². The Morgan fingerprint density at radius 1 is 1.21 bits per heavy atom. The van der Waals surface area contributed by atoms with Crippen LogP contribution in [0, 0.1) is 6.92 Å². The third-order valence-electron chi connectivity index (χ3n) is 3.40. The molecule has 0 saturated heterocycles.